The van der Waals surface area contributed by atoms with Gasteiger partial charge in [-0.25, -0.2) is 0 Å². The third-order valence-electron chi connectivity index (χ3n) is 3.92. The number of nitro benzene ring substituents is 1. The number of carbonyl (C=O) groups is 3. The van der Waals surface area contributed by atoms with Crippen molar-refractivity contribution in [3.05, 3.63) is 74.7 Å². The highest BCUT2D eigenvalue weighted by Gasteiger charge is 2.35. The van der Waals surface area contributed by atoms with Crippen molar-refractivity contribution in [2.75, 3.05) is 6.54 Å². The Hall–Kier alpha value is -3.66. The highest BCUT2D eigenvalue weighted by molar-refractivity contribution is 8.18. The van der Waals surface area contributed by atoms with Gasteiger partial charge in [-0.1, -0.05) is 12.1 Å². The number of imide groups is 1. The van der Waals surface area contributed by atoms with Gasteiger partial charge in [0.1, 0.15) is 18.9 Å². The Morgan fingerprint density at radius 1 is 1.14 bits per heavy atom. The molecule has 0 bridgehead atoms. The molecule has 1 aliphatic rings. The normalized spacial score (nSPS) is 15.0. The molecular weight excluding hydrogens is 398 g/mol. The summed E-state index contributed by atoms with van der Waals surface area (Å²) in [5.41, 5.74) is 6.52. The van der Waals surface area contributed by atoms with Crippen LogP contribution in [0.25, 0.3) is 6.08 Å². The van der Waals surface area contributed by atoms with Crippen LogP contribution in [-0.2, 0) is 16.2 Å². The van der Waals surface area contributed by atoms with Crippen molar-refractivity contribution < 1.29 is 24.0 Å². The number of nitro groups is 1. The Morgan fingerprint density at radius 3 is 2.38 bits per heavy atom. The monoisotopic (exact) mass is 413 g/mol. The second kappa shape index (κ2) is 8.57. The average molecular weight is 413 g/mol. The number of ether oxygens (including phenoxy) is 1. The first-order valence-corrected chi connectivity index (χ1v) is 9.15. The molecule has 0 atom stereocenters. The number of benzene rings is 2. The average Bonchev–Trinajstić information content (AvgIpc) is 2.95. The van der Waals surface area contributed by atoms with E-state index in [1.54, 1.807) is 42.5 Å². The molecule has 2 aromatic carbocycles. The predicted molar refractivity (Wildman–Crippen MR) is 106 cm³/mol. The molecule has 0 radical (unpaired) electrons. The van der Waals surface area contributed by atoms with Gasteiger partial charge in [0.2, 0.25) is 5.91 Å². The molecule has 148 valence electrons. The maximum absolute atomic E-state index is 12.2. The van der Waals surface area contributed by atoms with Gasteiger partial charge in [-0.15, -0.1) is 0 Å². The molecule has 1 fully saturated rings. The molecule has 2 N–H and O–H groups in total. The molecule has 3 amide bonds. The molecule has 10 heteroatoms. The summed E-state index contributed by atoms with van der Waals surface area (Å²) in [6.07, 6.45) is 1.55. The first kappa shape index (κ1) is 20.1. The quantitative estimate of drug-likeness (QED) is 0.419. The summed E-state index contributed by atoms with van der Waals surface area (Å²) in [5, 5.41) is 10.1. The summed E-state index contributed by atoms with van der Waals surface area (Å²) in [6, 6.07) is 12.9. The SMILES string of the molecule is NC(=O)CN1C(=O)S/C(=C\c2ccc(OCc3ccc([N+](=O)[O-])cc3)cc2)C1=O. The minimum absolute atomic E-state index is 0.0124. The Kier molecular flexibility index (Phi) is 5.93. The Bertz CT molecular complexity index is 1000. The van der Waals surface area contributed by atoms with E-state index in [1.165, 1.54) is 12.1 Å². The lowest BCUT2D eigenvalue weighted by Crippen LogP contribution is -2.36. The standard InChI is InChI=1S/C19H15N3O6S/c20-17(23)10-21-18(24)16(29-19(21)25)9-12-3-7-15(8-4-12)28-11-13-1-5-14(6-2-13)22(26)27/h1-9H,10-11H2,(H2,20,23)/b16-9-. The van der Waals surface area contributed by atoms with Gasteiger partial charge in [-0.3, -0.25) is 29.4 Å². The molecule has 0 spiro atoms. The van der Waals surface area contributed by atoms with E-state index < -0.39 is 28.5 Å². The molecule has 0 aliphatic carbocycles. The van der Waals surface area contributed by atoms with Gasteiger partial charge in [-0.05, 0) is 53.2 Å². The third-order valence-corrected chi connectivity index (χ3v) is 4.83. The zero-order valence-electron chi connectivity index (χ0n) is 14.9. The van der Waals surface area contributed by atoms with Crippen molar-refractivity contribution in [3.63, 3.8) is 0 Å². The van der Waals surface area contributed by atoms with E-state index in [1.807, 2.05) is 0 Å². The van der Waals surface area contributed by atoms with Crippen molar-refractivity contribution in [3.8, 4) is 5.75 Å². The predicted octanol–water partition coefficient (Wildman–Crippen LogP) is 2.70. The number of carbonyl (C=O) groups excluding carboxylic acids is 3. The van der Waals surface area contributed by atoms with Crippen molar-refractivity contribution in [2.24, 2.45) is 5.73 Å². The van der Waals surface area contributed by atoms with Crippen molar-refractivity contribution in [2.45, 2.75) is 6.61 Å². The molecule has 9 nitrogen and oxygen atoms in total. The van der Waals surface area contributed by atoms with E-state index in [2.05, 4.69) is 0 Å². The van der Waals surface area contributed by atoms with Gasteiger partial charge in [0.25, 0.3) is 16.8 Å². The maximum atomic E-state index is 12.2. The van der Waals surface area contributed by atoms with Crippen LogP contribution in [0.5, 0.6) is 5.75 Å². The zero-order valence-corrected chi connectivity index (χ0v) is 15.8. The van der Waals surface area contributed by atoms with Crippen LogP contribution in [0.4, 0.5) is 10.5 Å². The van der Waals surface area contributed by atoms with Gasteiger partial charge in [0.15, 0.2) is 0 Å². The van der Waals surface area contributed by atoms with E-state index in [0.717, 1.165) is 22.2 Å². The van der Waals surface area contributed by atoms with E-state index in [-0.39, 0.29) is 17.2 Å². The molecule has 0 aromatic heterocycles. The number of hydrogen-bond donors (Lipinski definition) is 1. The Morgan fingerprint density at radius 2 is 1.79 bits per heavy atom. The summed E-state index contributed by atoms with van der Waals surface area (Å²) in [7, 11) is 0. The number of hydrogen-bond acceptors (Lipinski definition) is 7. The number of primary amides is 1. The summed E-state index contributed by atoms with van der Waals surface area (Å²) in [6.45, 7) is -0.208. The van der Waals surface area contributed by atoms with Crippen LogP contribution in [0.1, 0.15) is 11.1 Å². The molecule has 1 heterocycles. The molecule has 0 saturated carbocycles. The van der Waals surface area contributed by atoms with E-state index >= 15 is 0 Å². The smallest absolute Gasteiger partial charge is 0.294 e. The number of rotatable bonds is 7. The van der Waals surface area contributed by atoms with Crippen molar-refractivity contribution in [1.29, 1.82) is 0 Å². The lowest BCUT2D eigenvalue weighted by Gasteiger charge is -2.08. The first-order valence-electron chi connectivity index (χ1n) is 8.33. The molecular formula is C19H15N3O6S. The van der Waals surface area contributed by atoms with Crippen LogP contribution >= 0.6 is 11.8 Å². The van der Waals surface area contributed by atoms with Crippen LogP contribution in [0.3, 0.4) is 0 Å². The zero-order chi connectivity index (χ0) is 21.0. The van der Waals surface area contributed by atoms with E-state index in [4.69, 9.17) is 10.5 Å². The van der Waals surface area contributed by atoms with Crippen molar-refractivity contribution in [1.82, 2.24) is 4.90 Å². The largest absolute Gasteiger partial charge is 0.489 e. The second-order valence-electron chi connectivity index (χ2n) is 6.02. The molecule has 3 rings (SSSR count). The highest BCUT2D eigenvalue weighted by Crippen LogP contribution is 2.32. The molecule has 2 aromatic rings. The highest BCUT2D eigenvalue weighted by atomic mass is 32.2. The lowest BCUT2D eigenvalue weighted by atomic mass is 10.2. The number of amides is 3. The third kappa shape index (κ3) is 4.99. The summed E-state index contributed by atoms with van der Waals surface area (Å²) >= 11 is 0.745. The molecule has 0 unspecified atom stereocenters. The Balaban J connectivity index is 1.62. The Labute approximate surface area is 169 Å². The molecule has 1 saturated heterocycles. The minimum Gasteiger partial charge on any atom is -0.489 e. The molecule has 29 heavy (non-hydrogen) atoms. The first-order chi connectivity index (χ1) is 13.8. The number of nitrogens with two attached hydrogens (primary N) is 1. The van der Waals surface area contributed by atoms with Gasteiger partial charge in [-0.2, -0.15) is 0 Å². The van der Waals surface area contributed by atoms with Gasteiger partial charge in [0.05, 0.1) is 9.83 Å². The van der Waals surface area contributed by atoms with Crippen LogP contribution in [0, 0.1) is 10.1 Å². The topological polar surface area (TPSA) is 133 Å². The number of nitrogens with zero attached hydrogens (tertiary/aromatic N) is 2. The summed E-state index contributed by atoms with van der Waals surface area (Å²) < 4.78 is 5.64. The second-order valence-corrected chi connectivity index (χ2v) is 7.01. The van der Waals surface area contributed by atoms with Crippen LogP contribution < -0.4 is 10.5 Å². The minimum atomic E-state index is -0.761. The number of thioether (sulfide) groups is 1. The van der Waals surface area contributed by atoms with Gasteiger partial charge < -0.3 is 10.5 Å². The van der Waals surface area contributed by atoms with Crippen LogP contribution in [0.15, 0.2) is 53.4 Å². The summed E-state index contributed by atoms with van der Waals surface area (Å²) in [5.74, 6) is -0.747. The number of non-ortho nitro benzene ring substituents is 1. The van der Waals surface area contributed by atoms with Gasteiger partial charge in [0, 0.05) is 12.1 Å². The fraction of sp³-hybridized carbons (Fsp3) is 0.105. The van der Waals surface area contributed by atoms with Crippen LogP contribution in [-0.4, -0.2) is 33.4 Å². The van der Waals surface area contributed by atoms with Crippen LogP contribution in [0.2, 0.25) is 0 Å². The van der Waals surface area contributed by atoms with Crippen molar-refractivity contribution >= 4 is 40.6 Å². The molecule has 1 aliphatic heterocycles. The van der Waals surface area contributed by atoms with E-state index in [0.29, 0.717) is 11.3 Å². The fourth-order valence-corrected chi connectivity index (χ4v) is 3.32. The van der Waals surface area contributed by atoms with E-state index in [9.17, 15) is 24.5 Å². The fourth-order valence-electron chi connectivity index (χ4n) is 2.48. The maximum Gasteiger partial charge on any atom is 0.294 e. The van der Waals surface area contributed by atoms with Gasteiger partial charge >= 0.3 is 0 Å². The lowest BCUT2D eigenvalue weighted by molar-refractivity contribution is -0.384. The summed E-state index contributed by atoms with van der Waals surface area (Å²) in [4.78, 5) is 46.2.